The van der Waals surface area contributed by atoms with Gasteiger partial charge in [-0.1, -0.05) is 46.0 Å². The number of allylic oxidation sites excluding steroid dienone is 2. The Balaban J connectivity index is 2.05. The molecule has 1 aliphatic carbocycles. The Morgan fingerprint density at radius 1 is 1.28 bits per heavy atom. The lowest BCUT2D eigenvalue weighted by atomic mass is 10.00. The van der Waals surface area contributed by atoms with E-state index in [1.165, 1.54) is 30.6 Å². The Hall–Kier alpha value is -0.983. The lowest BCUT2D eigenvalue weighted by Gasteiger charge is -2.42. The van der Waals surface area contributed by atoms with Gasteiger partial charge in [-0.25, -0.2) is 0 Å². The molecule has 2 rings (SSSR count). The standard InChI is InChI=1S/C22H36O2Si/c1-7-8-9-10-11-12-14-18-17-21(19-15-13-16-20(19)23-18)24-25(5,6)22(2,3)4/h12,14,18,21H,7-9,13,15-17H2,1-6H3/b14-12-/t18-,21+/m0/s1. The van der Waals surface area contributed by atoms with Gasteiger partial charge < -0.3 is 9.16 Å². The first-order valence-electron chi connectivity index (χ1n) is 9.96. The first kappa shape index (κ1) is 20.3. The Bertz CT molecular complexity index is 569. The molecule has 2 nitrogen and oxygen atoms in total. The molecule has 0 saturated heterocycles. The first-order valence-corrected chi connectivity index (χ1v) is 12.9. The molecule has 0 aromatic heterocycles. The van der Waals surface area contributed by atoms with E-state index in [1.54, 1.807) is 0 Å². The van der Waals surface area contributed by atoms with Gasteiger partial charge in [-0.3, -0.25) is 0 Å². The fraction of sp³-hybridized carbons (Fsp3) is 0.727. The number of unbranched alkanes of at least 4 members (excludes halogenated alkanes) is 2. The Morgan fingerprint density at radius 2 is 2.04 bits per heavy atom. The average molecular weight is 361 g/mol. The van der Waals surface area contributed by atoms with Crippen molar-refractivity contribution in [2.45, 2.75) is 103 Å². The number of ether oxygens (including phenoxy) is 1. The third-order valence-electron chi connectivity index (χ3n) is 5.73. The van der Waals surface area contributed by atoms with Crippen LogP contribution >= 0.6 is 0 Å². The molecule has 0 N–H and O–H groups in total. The molecule has 25 heavy (non-hydrogen) atoms. The summed E-state index contributed by atoms with van der Waals surface area (Å²) in [5, 5.41) is 0.237. The zero-order chi connectivity index (χ0) is 18.5. The number of hydrogen-bond acceptors (Lipinski definition) is 2. The molecule has 140 valence electrons. The van der Waals surface area contributed by atoms with Gasteiger partial charge in [0, 0.05) is 19.3 Å². The van der Waals surface area contributed by atoms with Crippen molar-refractivity contribution in [3.05, 3.63) is 23.5 Å². The largest absolute Gasteiger partial charge is 0.491 e. The summed E-state index contributed by atoms with van der Waals surface area (Å²) in [6.07, 6.45) is 12.1. The Kier molecular flexibility index (Phi) is 6.99. The van der Waals surface area contributed by atoms with Crippen molar-refractivity contribution in [2.75, 3.05) is 0 Å². The highest BCUT2D eigenvalue weighted by Gasteiger charge is 2.42. The molecule has 0 fully saturated rings. The maximum Gasteiger partial charge on any atom is 0.192 e. The van der Waals surface area contributed by atoms with Gasteiger partial charge >= 0.3 is 0 Å². The van der Waals surface area contributed by atoms with Crippen LogP contribution in [0.15, 0.2) is 23.5 Å². The maximum atomic E-state index is 6.78. The molecule has 0 amide bonds. The summed E-state index contributed by atoms with van der Waals surface area (Å²) in [6, 6.07) is 0. The summed E-state index contributed by atoms with van der Waals surface area (Å²) >= 11 is 0. The van der Waals surface area contributed by atoms with Crippen molar-refractivity contribution in [3.8, 4) is 11.8 Å². The van der Waals surface area contributed by atoms with E-state index in [0.29, 0.717) is 0 Å². The zero-order valence-corrected chi connectivity index (χ0v) is 18.1. The summed E-state index contributed by atoms with van der Waals surface area (Å²) in [5.41, 5.74) is 1.43. The molecule has 3 heteroatoms. The summed E-state index contributed by atoms with van der Waals surface area (Å²) < 4.78 is 13.0. The van der Waals surface area contributed by atoms with Crippen LogP contribution in [0.3, 0.4) is 0 Å². The van der Waals surface area contributed by atoms with Crippen LogP contribution in [0.25, 0.3) is 0 Å². The van der Waals surface area contributed by atoms with E-state index in [9.17, 15) is 0 Å². The van der Waals surface area contributed by atoms with Gasteiger partial charge in [-0.05, 0) is 55.1 Å². The summed E-state index contributed by atoms with van der Waals surface area (Å²) in [7, 11) is -1.78. The van der Waals surface area contributed by atoms with Crippen LogP contribution in [-0.4, -0.2) is 20.5 Å². The van der Waals surface area contributed by atoms with E-state index in [2.05, 4.69) is 58.7 Å². The molecule has 2 atom stereocenters. The third-order valence-corrected chi connectivity index (χ3v) is 10.2. The van der Waals surface area contributed by atoms with Gasteiger partial charge in [-0.15, -0.1) is 0 Å². The number of hydrogen-bond donors (Lipinski definition) is 0. The van der Waals surface area contributed by atoms with Crippen LogP contribution in [0, 0.1) is 11.8 Å². The molecule has 0 aromatic rings. The SMILES string of the molecule is CCCCC#C/C=C\[C@H]1C[C@@H](O[Si](C)(C)C(C)(C)C)C2=C(CCC2)O1. The summed E-state index contributed by atoms with van der Waals surface area (Å²) in [6.45, 7) is 13.8. The minimum Gasteiger partial charge on any atom is -0.491 e. The molecule has 0 unspecified atom stereocenters. The maximum absolute atomic E-state index is 6.78. The highest BCUT2D eigenvalue weighted by atomic mass is 28.4. The van der Waals surface area contributed by atoms with E-state index < -0.39 is 8.32 Å². The predicted octanol–water partition coefficient (Wildman–Crippen LogP) is 6.35. The molecule has 0 saturated carbocycles. The van der Waals surface area contributed by atoms with Crippen molar-refractivity contribution < 1.29 is 9.16 Å². The summed E-state index contributed by atoms with van der Waals surface area (Å²) in [4.78, 5) is 0. The van der Waals surface area contributed by atoms with Crippen LogP contribution in [0.2, 0.25) is 18.1 Å². The van der Waals surface area contributed by atoms with Crippen LogP contribution in [0.1, 0.15) is 72.6 Å². The van der Waals surface area contributed by atoms with Crippen LogP contribution in [0.5, 0.6) is 0 Å². The van der Waals surface area contributed by atoms with Crippen molar-refractivity contribution in [1.82, 2.24) is 0 Å². The zero-order valence-electron chi connectivity index (χ0n) is 17.1. The van der Waals surface area contributed by atoms with Crippen LogP contribution in [0.4, 0.5) is 0 Å². The minimum atomic E-state index is -1.78. The van der Waals surface area contributed by atoms with Crippen molar-refractivity contribution in [3.63, 3.8) is 0 Å². The highest BCUT2D eigenvalue weighted by molar-refractivity contribution is 6.74. The smallest absolute Gasteiger partial charge is 0.192 e. The second-order valence-corrected chi connectivity index (χ2v) is 13.6. The van der Waals surface area contributed by atoms with Gasteiger partial charge in [-0.2, -0.15) is 0 Å². The van der Waals surface area contributed by atoms with E-state index in [4.69, 9.17) is 9.16 Å². The normalized spacial score (nSPS) is 24.1. The van der Waals surface area contributed by atoms with E-state index in [0.717, 1.165) is 25.7 Å². The predicted molar refractivity (Wildman–Crippen MR) is 109 cm³/mol. The van der Waals surface area contributed by atoms with Crippen molar-refractivity contribution >= 4 is 8.32 Å². The van der Waals surface area contributed by atoms with Gasteiger partial charge in [0.2, 0.25) is 0 Å². The second kappa shape index (κ2) is 8.60. The molecular weight excluding hydrogens is 324 g/mol. The average Bonchev–Trinajstić information content (AvgIpc) is 2.98. The van der Waals surface area contributed by atoms with Gasteiger partial charge in [0.15, 0.2) is 8.32 Å². The molecule has 0 bridgehead atoms. The molecule has 0 spiro atoms. The van der Waals surface area contributed by atoms with Gasteiger partial charge in [0.1, 0.15) is 6.10 Å². The summed E-state index contributed by atoms with van der Waals surface area (Å²) in [5.74, 6) is 7.57. The van der Waals surface area contributed by atoms with Crippen LogP contribution < -0.4 is 0 Å². The topological polar surface area (TPSA) is 18.5 Å². The van der Waals surface area contributed by atoms with E-state index in [-0.39, 0.29) is 17.2 Å². The molecule has 0 aromatic carbocycles. The van der Waals surface area contributed by atoms with Gasteiger partial charge in [0.05, 0.1) is 11.9 Å². The lowest BCUT2D eigenvalue weighted by molar-refractivity contribution is 0.0670. The molecule has 1 heterocycles. The molecular formula is C22H36O2Si. The third kappa shape index (κ3) is 5.49. The second-order valence-electron chi connectivity index (χ2n) is 8.84. The van der Waals surface area contributed by atoms with Gasteiger partial charge in [0.25, 0.3) is 0 Å². The quantitative estimate of drug-likeness (QED) is 0.323. The minimum absolute atomic E-state index is 0.104. The fourth-order valence-corrected chi connectivity index (χ4v) is 4.42. The van der Waals surface area contributed by atoms with E-state index in [1.807, 2.05) is 6.08 Å². The molecule has 0 radical (unpaired) electrons. The first-order chi connectivity index (χ1) is 11.7. The fourth-order valence-electron chi connectivity index (χ4n) is 3.12. The molecule has 1 aliphatic heterocycles. The van der Waals surface area contributed by atoms with Crippen molar-refractivity contribution in [2.24, 2.45) is 0 Å². The monoisotopic (exact) mass is 360 g/mol. The molecule has 2 aliphatic rings. The lowest BCUT2D eigenvalue weighted by Crippen LogP contribution is -2.46. The number of rotatable bonds is 5. The van der Waals surface area contributed by atoms with Crippen molar-refractivity contribution in [1.29, 1.82) is 0 Å². The Labute approximate surface area is 156 Å². The van der Waals surface area contributed by atoms with Crippen LogP contribution in [-0.2, 0) is 9.16 Å². The van der Waals surface area contributed by atoms with E-state index >= 15 is 0 Å². The Morgan fingerprint density at radius 3 is 2.72 bits per heavy atom. The highest BCUT2D eigenvalue weighted by Crippen LogP contribution is 2.43.